The molecule has 3 heterocycles. The largest absolute Gasteiger partial charge is 0.411 e. The van der Waals surface area contributed by atoms with Gasteiger partial charge in [-0.3, -0.25) is 9.98 Å². The van der Waals surface area contributed by atoms with E-state index < -0.39 is 12.0 Å². The zero-order valence-electron chi connectivity index (χ0n) is 25.1. The minimum absolute atomic E-state index is 0.0514. The molecule has 11 nitrogen and oxygen atoms in total. The number of carbonyl (C=O) groups excluding carboxylic acids is 1. The van der Waals surface area contributed by atoms with E-state index in [2.05, 4.69) is 52.3 Å². The third-order valence-corrected chi connectivity index (χ3v) is 9.47. The number of carbonyl (C=O) groups is 1. The van der Waals surface area contributed by atoms with Crippen molar-refractivity contribution in [3.05, 3.63) is 48.3 Å². The van der Waals surface area contributed by atoms with Crippen LogP contribution in [0.5, 0.6) is 0 Å². The summed E-state index contributed by atoms with van der Waals surface area (Å²) in [5.41, 5.74) is 8.47. The first kappa shape index (κ1) is 29.1. The molecule has 43 heavy (non-hydrogen) atoms. The van der Waals surface area contributed by atoms with Crippen molar-refractivity contribution in [3.63, 3.8) is 0 Å². The van der Waals surface area contributed by atoms with Crippen LogP contribution in [0.25, 0.3) is 16.9 Å². The van der Waals surface area contributed by atoms with E-state index in [0.717, 1.165) is 61.3 Å². The maximum Gasteiger partial charge on any atom is 0.411 e. The summed E-state index contributed by atoms with van der Waals surface area (Å²) in [5.74, 6) is 2.22. The molecule has 3 fully saturated rings. The number of amides is 1. The van der Waals surface area contributed by atoms with Crippen LogP contribution in [-0.2, 0) is 9.47 Å². The Kier molecular flexibility index (Phi) is 8.34. The molecule has 3 aromatic rings. The summed E-state index contributed by atoms with van der Waals surface area (Å²) in [6.07, 6.45) is 6.86. The number of ether oxygens (including phenoxy) is 2. The van der Waals surface area contributed by atoms with Crippen molar-refractivity contribution in [2.45, 2.75) is 70.9 Å². The van der Waals surface area contributed by atoms with Crippen molar-refractivity contribution < 1.29 is 14.3 Å². The van der Waals surface area contributed by atoms with E-state index in [4.69, 9.17) is 30.6 Å². The number of nitrogens with one attached hydrogen (secondary N) is 2. The van der Waals surface area contributed by atoms with Crippen molar-refractivity contribution in [1.29, 1.82) is 5.41 Å². The Bertz CT molecular complexity index is 1490. The molecule has 11 heteroatoms. The second-order valence-electron chi connectivity index (χ2n) is 12.3. The van der Waals surface area contributed by atoms with Gasteiger partial charge in [-0.1, -0.05) is 63.1 Å². The normalized spacial score (nSPS) is 23.4. The van der Waals surface area contributed by atoms with Gasteiger partial charge in [-0.2, -0.15) is 4.98 Å². The highest BCUT2D eigenvalue weighted by Crippen LogP contribution is 2.41. The van der Waals surface area contributed by atoms with Gasteiger partial charge in [-0.15, -0.1) is 0 Å². The Hall–Kier alpha value is -3.99. The topological polar surface area (TPSA) is 144 Å². The van der Waals surface area contributed by atoms with Gasteiger partial charge in [0.15, 0.2) is 11.5 Å². The molecule has 1 aliphatic heterocycles. The molecule has 0 bridgehead atoms. The number of morpholine rings is 1. The van der Waals surface area contributed by atoms with Crippen LogP contribution in [-0.4, -0.2) is 57.3 Å². The molecule has 1 aromatic carbocycles. The average Bonchev–Trinajstić information content (AvgIpc) is 3.36. The molecule has 2 aliphatic carbocycles. The summed E-state index contributed by atoms with van der Waals surface area (Å²) in [6, 6.07) is 10.4. The molecule has 228 valence electrons. The summed E-state index contributed by atoms with van der Waals surface area (Å²) in [7, 11) is 0. The summed E-state index contributed by atoms with van der Waals surface area (Å²) < 4.78 is 13.0. The van der Waals surface area contributed by atoms with E-state index in [0.29, 0.717) is 43.1 Å². The van der Waals surface area contributed by atoms with Crippen LogP contribution in [0.3, 0.4) is 0 Å². The van der Waals surface area contributed by atoms with Crippen molar-refractivity contribution in [1.82, 2.24) is 19.5 Å². The standard InChI is InChI=1S/C32H42N8O3/c1-19-12-14-23(15-13-19)21(3)40-26-28(35-20(2)22-10-7-11-22)36-30(27(33)43-31(34)41)37-29(26)38-32(40)39-16-17-42-18-25(39)24-8-5-4-6-9-24/h4-6,8-9,19-20,22-23,25,33H,3,7,10-18H2,1-2H3,(H2,34,41)(H,35,36,37)/t19?,20-,23?,25+/m1/s1. The average molecular weight is 587 g/mol. The van der Waals surface area contributed by atoms with Gasteiger partial charge in [0.1, 0.15) is 5.52 Å². The predicted octanol–water partition coefficient (Wildman–Crippen LogP) is 5.72. The number of fused-ring (bicyclic) bond motifs is 1. The van der Waals surface area contributed by atoms with Crippen molar-refractivity contribution in [3.8, 4) is 0 Å². The minimum Gasteiger partial charge on any atom is -0.388 e. The van der Waals surface area contributed by atoms with Crippen molar-refractivity contribution in [2.75, 3.05) is 30.0 Å². The fraction of sp³-hybridized carbons (Fsp3) is 0.531. The zero-order chi connectivity index (χ0) is 30.1. The molecule has 2 aromatic heterocycles. The molecule has 0 radical (unpaired) electrons. The Morgan fingerprint density at radius 1 is 1.14 bits per heavy atom. The number of hydrogen-bond donors (Lipinski definition) is 3. The highest BCUT2D eigenvalue weighted by molar-refractivity contribution is 5.98. The number of nitrogens with zero attached hydrogens (tertiary/aromatic N) is 5. The molecule has 6 rings (SSSR count). The van der Waals surface area contributed by atoms with E-state index in [1.807, 2.05) is 18.2 Å². The molecular weight excluding hydrogens is 544 g/mol. The summed E-state index contributed by atoms with van der Waals surface area (Å²) in [5, 5.41) is 12.0. The van der Waals surface area contributed by atoms with E-state index in [1.54, 1.807) is 0 Å². The number of nitrogens with two attached hydrogens (primary N) is 1. The first-order chi connectivity index (χ1) is 20.8. The van der Waals surface area contributed by atoms with Crippen LogP contribution >= 0.6 is 0 Å². The highest BCUT2D eigenvalue weighted by atomic mass is 16.6. The lowest BCUT2D eigenvalue weighted by molar-refractivity contribution is 0.0931. The second kappa shape index (κ2) is 12.3. The number of aromatic nitrogens is 4. The van der Waals surface area contributed by atoms with Gasteiger partial charge in [0.25, 0.3) is 5.90 Å². The van der Waals surface area contributed by atoms with E-state index in [9.17, 15) is 4.79 Å². The zero-order valence-corrected chi connectivity index (χ0v) is 25.1. The number of benzene rings is 1. The number of primary amides is 1. The Labute approximate surface area is 252 Å². The van der Waals surface area contributed by atoms with E-state index in [-0.39, 0.29) is 23.8 Å². The summed E-state index contributed by atoms with van der Waals surface area (Å²) >= 11 is 0. The van der Waals surface area contributed by atoms with Gasteiger partial charge < -0.3 is 25.4 Å². The Balaban J connectivity index is 1.52. The lowest BCUT2D eigenvalue weighted by Gasteiger charge is -2.38. The predicted molar refractivity (Wildman–Crippen MR) is 167 cm³/mol. The molecular formula is C32H42N8O3. The fourth-order valence-corrected chi connectivity index (χ4v) is 6.63. The third-order valence-electron chi connectivity index (χ3n) is 9.47. The monoisotopic (exact) mass is 586 g/mol. The van der Waals surface area contributed by atoms with Gasteiger partial charge in [0, 0.05) is 18.3 Å². The number of hydrogen-bond acceptors (Lipinski definition) is 9. The van der Waals surface area contributed by atoms with Crippen LogP contribution in [0.15, 0.2) is 36.9 Å². The minimum atomic E-state index is -1.09. The maximum absolute atomic E-state index is 11.5. The van der Waals surface area contributed by atoms with Crippen molar-refractivity contribution >= 4 is 40.6 Å². The third kappa shape index (κ3) is 5.95. The first-order valence-electron chi connectivity index (χ1n) is 15.5. The van der Waals surface area contributed by atoms with Crippen LogP contribution in [0.4, 0.5) is 16.6 Å². The molecule has 0 spiro atoms. The molecule has 1 saturated heterocycles. The molecule has 3 aliphatic rings. The Morgan fingerprint density at radius 2 is 1.88 bits per heavy atom. The number of rotatable bonds is 8. The molecule has 2 saturated carbocycles. The smallest absolute Gasteiger partial charge is 0.388 e. The molecule has 1 amide bonds. The van der Waals surface area contributed by atoms with Gasteiger partial charge in [-0.05, 0) is 55.9 Å². The van der Waals surface area contributed by atoms with Crippen LogP contribution in [0.2, 0.25) is 0 Å². The van der Waals surface area contributed by atoms with Crippen LogP contribution in [0.1, 0.15) is 76.2 Å². The number of anilines is 2. The first-order valence-corrected chi connectivity index (χ1v) is 15.5. The SMILES string of the molecule is C=C(C1CCC(C)CC1)n1c(N2CCOC[C@H]2c2ccccc2)nc2nc(C(=N)OC(N)=O)nc(N[C@H](C)C3CCC3)c21. The van der Waals surface area contributed by atoms with Crippen LogP contribution in [0, 0.1) is 23.2 Å². The van der Waals surface area contributed by atoms with Gasteiger partial charge in [0.2, 0.25) is 11.8 Å². The highest BCUT2D eigenvalue weighted by Gasteiger charge is 2.34. The van der Waals surface area contributed by atoms with Gasteiger partial charge in [-0.25, -0.2) is 14.8 Å². The lowest BCUT2D eigenvalue weighted by atomic mass is 9.80. The fourth-order valence-electron chi connectivity index (χ4n) is 6.63. The number of allylic oxidation sites excluding steroid dienone is 1. The second-order valence-corrected chi connectivity index (χ2v) is 12.3. The Morgan fingerprint density at radius 3 is 2.56 bits per heavy atom. The van der Waals surface area contributed by atoms with Gasteiger partial charge >= 0.3 is 6.09 Å². The number of imidazole rings is 1. The summed E-state index contributed by atoms with van der Waals surface area (Å²) in [6.45, 7) is 10.9. The van der Waals surface area contributed by atoms with Gasteiger partial charge in [0.05, 0.1) is 19.3 Å². The van der Waals surface area contributed by atoms with Crippen LogP contribution < -0.4 is 16.0 Å². The summed E-state index contributed by atoms with van der Waals surface area (Å²) in [4.78, 5) is 28.3. The van der Waals surface area contributed by atoms with Crippen molar-refractivity contribution in [2.24, 2.45) is 23.5 Å². The lowest BCUT2D eigenvalue weighted by Crippen LogP contribution is -2.41. The van der Waals surface area contributed by atoms with E-state index in [1.165, 1.54) is 6.42 Å². The molecule has 2 atom stereocenters. The quantitative estimate of drug-likeness (QED) is 0.224. The molecule has 0 unspecified atom stereocenters. The maximum atomic E-state index is 11.5. The van der Waals surface area contributed by atoms with E-state index >= 15 is 0 Å². The molecule has 4 N–H and O–H groups in total.